The molecule has 1 aliphatic heterocycles. The summed E-state index contributed by atoms with van der Waals surface area (Å²) in [6.45, 7) is 6.14. The number of allylic oxidation sites excluding steroid dienone is 2. The Bertz CT molecular complexity index is 433. The minimum absolute atomic E-state index is 0.0493. The van der Waals surface area contributed by atoms with Crippen molar-refractivity contribution in [2.24, 2.45) is 11.3 Å². The van der Waals surface area contributed by atoms with Gasteiger partial charge in [-0.2, -0.15) is 0 Å². The van der Waals surface area contributed by atoms with Crippen LogP contribution in [0, 0.1) is 11.3 Å². The summed E-state index contributed by atoms with van der Waals surface area (Å²) in [6, 6.07) is 0. The molecular formula is C15H22O4. The Balaban J connectivity index is 2.30. The molecule has 2 atom stereocenters. The van der Waals surface area contributed by atoms with E-state index in [1.807, 2.05) is 6.92 Å². The molecule has 0 bridgehead atoms. The third kappa shape index (κ3) is 2.67. The van der Waals surface area contributed by atoms with E-state index in [-0.39, 0.29) is 29.2 Å². The van der Waals surface area contributed by atoms with Crippen LogP contribution in [0.1, 0.15) is 46.5 Å². The maximum atomic E-state index is 12.2. The molecule has 0 amide bonds. The Morgan fingerprint density at radius 3 is 2.68 bits per heavy atom. The molecular weight excluding hydrogens is 244 g/mol. The average Bonchev–Trinajstić information content (AvgIpc) is 2.35. The second-order valence-electron chi connectivity index (χ2n) is 6.24. The van der Waals surface area contributed by atoms with E-state index in [1.54, 1.807) is 0 Å². The third-order valence-electron chi connectivity index (χ3n) is 4.02. The first-order valence-electron chi connectivity index (χ1n) is 6.87. The molecule has 0 radical (unpaired) electrons. The van der Waals surface area contributed by atoms with Gasteiger partial charge in [-0.3, -0.25) is 9.59 Å². The fourth-order valence-electron chi connectivity index (χ4n) is 3.01. The summed E-state index contributed by atoms with van der Waals surface area (Å²) in [5.74, 6) is 0.290. The summed E-state index contributed by atoms with van der Waals surface area (Å²) in [5.41, 5.74) is 0.659. The van der Waals surface area contributed by atoms with Crippen LogP contribution in [-0.4, -0.2) is 25.0 Å². The molecule has 4 heteroatoms. The number of carbonyl (C=O) groups is 2. The first kappa shape index (κ1) is 14.1. The second-order valence-corrected chi connectivity index (χ2v) is 6.24. The van der Waals surface area contributed by atoms with Gasteiger partial charge in [0.2, 0.25) is 0 Å². The normalized spacial score (nSPS) is 29.6. The van der Waals surface area contributed by atoms with E-state index in [4.69, 9.17) is 9.47 Å². The summed E-state index contributed by atoms with van der Waals surface area (Å²) < 4.78 is 10.8. The Hall–Kier alpha value is -1.32. The van der Waals surface area contributed by atoms with Crippen molar-refractivity contribution >= 4 is 11.8 Å². The smallest absolute Gasteiger partial charge is 0.312 e. The van der Waals surface area contributed by atoms with Crippen LogP contribution in [0.2, 0.25) is 0 Å². The van der Waals surface area contributed by atoms with E-state index in [0.717, 1.165) is 18.6 Å². The number of methoxy groups -OCH3 is 1. The van der Waals surface area contributed by atoms with Gasteiger partial charge in [-0.25, -0.2) is 0 Å². The number of ketones is 1. The van der Waals surface area contributed by atoms with Gasteiger partial charge in [-0.15, -0.1) is 0 Å². The molecule has 1 heterocycles. The van der Waals surface area contributed by atoms with E-state index in [9.17, 15) is 9.59 Å². The van der Waals surface area contributed by atoms with Gasteiger partial charge >= 0.3 is 5.97 Å². The zero-order valence-corrected chi connectivity index (χ0v) is 12.1. The van der Waals surface area contributed by atoms with Crippen molar-refractivity contribution in [1.29, 1.82) is 0 Å². The Morgan fingerprint density at radius 2 is 2.11 bits per heavy atom. The summed E-state index contributed by atoms with van der Waals surface area (Å²) >= 11 is 0. The fourth-order valence-corrected chi connectivity index (χ4v) is 3.01. The largest absolute Gasteiger partial charge is 0.493 e. The standard InChI is InChI=1S/C15H22O4/c1-5-12-10(14(17)18-4)6-9-11(16)7-15(2,3)8-13(9)19-12/h10,12H,5-8H2,1-4H3/t10-,12+/m0/s1. The molecule has 2 aliphatic rings. The molecule has 0 unspecified atom stereocenters. The molecule has 0 N–H and O–H groups in total. The van der Waals surface area contributed by atoms with E-state index in [2.05, 4.69) is 13.8 Å². The minimum Gasteiger partial charge on any atom is -0.493 e. The van der Waals surface area contributed by atoms with Crippen molar-refractivity contribution in [3.05, 3.63) is 11.3 Å². The van der Waals surface area contributed by atoms with Gasteiger partial charge < -0.3 is 9.47 Å². The Morgan fingerprint density at radius 1 is 1.42 bits per heavy atom. The summed E-state index contributed by atoms with van der Waals surface area (Å²) in [4.78, 5) is 24.0. The van der Waals surface area contributed by atoms with Gasteiger partial charge in [0.25, 0.3) is 0 Å². The molecule has 106 valence electrons. The van der Waals surface area contributed by atoms with Crippen LogP contribution in [0.25, 0.3) is 0 Å². The number of ether oxygens (including phenoxy) is 2. The number of rotatable bonds is 2. The van der Waals surface area contributed by atoms with E-state index in [0.29, 0.717) is 18.4 Å². The second kappa shape index (κ2) is 4.99. The predicted octanol–water partition coefficient (Wildman–Crippen LogP) is 2.62. The van der Waals surface area contributed by atoms with Crippen LogP contribution >= 0.6 is 0 Å². The lowest BCUT2D eigenvalue weighted by atomic mass is 9.73. The van der Waals surface area contributed by atoms with Gasteiger partial charge in [-0.1, -0.05) is 20.8 Å². The highest BCUT2D eigenvalue weighted by atomic mass is 16.5. The zero-order valence-electron chi connectivity index (χ0n) is 12.1. The maximum absolute atomic E-state index is 12.2. The van der Waals surface area contributed by atoms with E-state index < -0.39 is 0 Å². The van der Waals surface area contributed by atoms with Crippen LogP contribution in [0.4, 0.5) is 0 Å². The number of Topliss-reactive ketones (excluding diaryl/α,β-unsaturated/α-hetero) is 1. The van der Waals surface area contributed by atoms with E-state index in [1.165, 1.54) is 7.11 Å². The quantitative estimate of drug-likeness (QED) is 0.721. The number of carbonyl (C=O) groups excluding carboxylic acids is 2. The molecule has 4 nitrogen and oxygen atoms in total. The van der Waals surface area contributed by atoms with Gasteiger partial charge in [0.1, 0.15) is 11.9 Å². The number of esters is 1. The van der Waals surface area contributed by atoms with Crippen LogP contribution in [0.3, 0.4) is 0 Å². The average molecular weight is 266 g/mol. The van der Waals surface area contributed by atoms with Gasteiger partial charge in [0.15, 0.2) is 5.78 Å². The van der Waals surface area contributed by atoms with Crippen LogP contribution in [0.5, 0.6) is 0 Å². The molecule has 1 aliphatic carbocycles. The molecule has 19 heavy (non-hydrogen) atoms. The van der Waals surface area contributed by atoms with Crippen molar-refractivity contribution in [1.82, 2.24) is 0 Å². The van der Waals surface area contributed by atoms with E-state index >= 15 is 0 Å². The molecule has 0 fully saturated rings. The van der Waals surface area contributed by atoms with Gasteiger partial charge in [0.05, 0.1) is 13.0 Å². The van der Waals surface area contributed by atoms with Crippen LogP contribution in [0.15, 0.2) is 11.3 Å². The topological polar surface area (TPSA) is 52.6 Å². The van der Waals surface area contributed by atoms with Crippen molar-refractivity contribution in [2.45, 2.75) is 52.6 Å². The van der Waals surface area contributed by atoms with Crippen molar-refractivity contribution in [2.75, 3.05) is 7.11 Å². The van der Waals surface area contributed by atoms with Crippen molar-refractivity contribution < 1.29 is 19.1 Å². The molecule has 0 aromatic rings. The molecule has 0 saturated heterocycles. The first-order valence-corrected chi connectivity index (χ1v) is 6.87. The van der Waals surface area contributed by atoms with Gasteiger partial charge in [-0.05, 0) is 18.3 Å². The van der Waals surface area contributed by atoms with Crippen LogP contribution < -0.4 is 0 Å². The SMILES string of the molecule is CC[C@H]1OC2=C(C[C@@H]1C(=O)OC)C(=O)CC(C)(C)C2. The lowest BCUT2D eigenvalue weighted by Crippen LogP contribution is -2.39. The zero-order chi connectivity index (χ0) is 14.2. The highest BCUT2D eigenvalue weighted by Gasteiger charge is 2.43. The minimum atomic E-state index is -0.348. The molecule has 0 aromatic carbocycles. The van der Waals surface area contributed by atoms with Gasteiger partial charge in [0, 0.05) is 18.4 Å². The molecule has 0 aromatic heterocycles. The highest BCUT2D eigenvalue weighted by molar-refractivity contribution is 5.98. The van der Waals surface area contributed by atoms with Crippen molar-refractivity contribution in [3.8, 4) is 0 Å². The Labute approximate surface area is 114 Å². The van der Waals surface area contributed by atoms with Crippen LogP contribution in [-0.2, 0) is 19.1 Å². The molecule has 0 saturated carbocycles. The first-order chi connectivity index (χ1) is 8.88. The third-order valence-corrected chi connectivity index (χ3v) is 4.02. The molecule has 2 rings (SSSR count). The number of hydrogen-bond donors (Lipinski definition) is 0. The monoisotopic (exact) mass is 266 g/mol. The number of hydrogen-bond acceptors (Lipinski definition) is 4. The highest BCUT2D eigenvalue weighted by Crippen LogP contribution is 2.43. The summed E-state index contributed by atoms with van der Waals surface area (Å²) in [5, 5.41) is 0. The van der Waals surface area contributed by atoms with Crippen molar-refractivity contribution in [3.63, 3.8) is 0 Å². The lowest BCUT2D eigenvalue weighted by Gasteiger charge is -2.39. The summed E-state index contributed by atoms with van der Waals surface area (Å²) in [7, 11) is 1.38. The Kier molecular flexibility index (Phi) is 3.70. The predicted molar refractivity (Wildman–Crippen MR) is 70.3 cm³/mol. The lowest BCUT2D eigenvalue weighted by molar-refractivity contribution is -0.151. The summed E-state index contributed by atoms with van der Waals surface area (Å²) in [6.07, 6.45) is 2.34. The molecule has 0 spiro atoms. The maximum Gasteiger partial charge on any atom is 0.312 e. The fraction of sp³-hybridized carbons (Fsp3) is 0.733.